The lowest BCUT2D eigenvalue weighted by Crippen LogP contribution is -2.59. The number of hydrogen-bond acceptors (Lipinski definition) is 7. The second-order valence-corrected chi connectivity index (χ2v) is 9.82. The first-order valence-corrected chi connectivity index (χ1v) is 12.9. The molecule has 0 saturated heterocycles. The van der Waals surface area contributed by atoms with Crippen LogP contribution in [0.1, 0.15) is 45.1 Å². The van der Waals surface area contributed by atoms with Crippen molar-refractivity contribution in [3.63, 3.8) is 0 Å². The van der Waals surface area contributed by atoms with Crippen LogP contribution in [0.15, 0.2) is 30.5 Å². The SMILES string of the molecule is CC(C)C(NC(=O)C(N)CCCCN)C(=O)NC(Cc1c[nH]c2ccccc12)C(=O)NC(CC(N)=O)C(=O)O. The van der Waals surface area contributed by atoms with Gasteiger partial charge in [0.05, 0.1) is 12.5 Å². The normalized spacial score (nSPS) is 14.3. The van der Waals surface area contributed by atoms with Crippen LogP contribution in [0.4, 0.5) is 0 Å². The average Bonchev–Trinajstić information content (AvgIpc) is 3.28. The molecule has 0 spiro atoms. The topological polar surface area (TPSA) is 236 Å². The number of primary amides is 1. The molecule has 11 N–H and O–H groups in total. The number of hydrogen-bond donors (Lipinski definition) is 8. The van der Waals surface area contributed by atoms with Gasteiger partial charge in [-0.1, -0.05) is 38.5 Å². The number of carboxylic acids is 1. The monoisotopic (exact) mass is 545 g/mol. The van der Waals surface area contributed by atoms with Crippen molar-refractivity contribution in [3.8, 4) is 0 Å². The van der Waals surface area contributed by atoms with Crippen molar-refractivity contribution in [1.29, 1.82) is 0 Å². The summed E-state index contributed by atoms with van der Waals surface area (Å²) >= 11 is 0. The van der Waals surface area contributed by atoms with Crippen molar-refractivity contribution < 1.29 is 29.1 Å². The Morgan fingerprint density at radius 2 is 1.62 bits per heavy atom. The second-order valence-electron chi connectivity index (χ2n) is 9.82. The number of H-pyrrole nitrogens is 1. The third kappa shape index (κ3) is 9.37. The third-order valence-electron chi connectivity index (χ3n) is 6.30. The average molecular weight is 546 g/mol. The van der Waals surface area contributed by atoms with Crippen molar-refractivity contribution in [2.24, 2.45) is 23.1 Å². The minimum absolute atomic E-state index is 0.00185. The molecule has 1 aromatic heterocycles. The van der Waals surface area contributed by atoms with Gasteiger partial charge >= 0.3 is 5.97 Å². The van der Waals surface area contributed by atoms with Crippen molar-refractivity contribution in [3.05, 3.63) is 36.0 Å². The van der Waals surface area contributed by atoms with Crippen LogP contribution in [0, 0.1) is 5.92 Å². The number of carbonyl (C=O) groups excluding carboxylic acids is 4. The number of aromatic nitrogens is 1. The smallest absolute Gasteiger partial charge is 0.326 e. The van der Waals surface area contributed by atoms with E-state index in [4.69, 9.17) is 17.2 Å². The summed E-state index contributed by atoms with van der Waals surface area (Å²) in [6.45, 7) is 3.94. The summed E-state index contributed by atoms with van der Waals surface area (Å²) in [6, 6.07) is 2.69. The van der Waals surface area contributed by atoms with E-state index in [9.17, 15) is 29.1 Å². The number of aromatic amines is 1. The molecule has 4 unspecified atom stereocenters. The Balaban J connectivity index is 2.27. The van der Waals surface area contributed by atoms with Crippen LogP contribution in [-0.2, 0) is 30.4 Å². The van der Waals surface area contributed by atoms with E-state index in [0.717, 1.165) is 10.9 Å². The number of nitrogens with two attached hydrogens (primary N) is 3. The molecule has 1 heterocycles. The van der Waals surface area contributed by atoms with Gasteiger partial charge in [0.15, 0.2) is 0 Å². The van der Waals surface area contributed by atoms with Crippen molar-refractivity contribution in [1.82, 2.24) is 20.9 Å². The first-order valence-electron chi connectivity index (χ1n) is 12.9. The Morgan fingerprint density at radius 1 is 0.949 bits per heavy atom. The fraction of sp³-hybridized carbons (Fsp3) is 0.500. The predicted molar refractivity (Wildman–Crippen MR) is 145 cm³/mol. The molecule has 0 saturated carbocycles. The molecule has 2 rings (SSSR count). The molecular formula is C26H39N7O6. The summed E-state index contributed by atoms with van der Waals surface area (Å²) in [5.74, 6) is -4.70. The highest BCUT2D eigenvalue weighted by atomic mass is 16.4. The Hall–Kier alpha value is -3.97. The maximum Gasteiger partial charge on any atom is 0.326 e. The molecular weight excluding hydrogens is 506 g/mol. The Labute approximate surface area is 226 Å². The van der Waals surface area contributed by atoms with Gasteiger partial charge in [-0.3, -0.25) is 19.2 Å². The van der Waals surface area contributed by atoms with Crippen LogP contribution in [0.3, 0.4) is 0 Å². The summed E-state index contributed by atoms with van der Waals surface area (Å²) in [4.78, 5) is 65.3. The van der Waals surface area contributed by atoms with Crippen molar-refractivity contribution in [2.75, 3.05) is 6.54 Å². The number of rotatable bonds is 16. The molecule has 13 nitrogen and oxygen atoms in total. The molecule has 4 amide bonds. The van der Waals surface area contributed by atoms with E-state index in [1.54, 1.807) is 20.0 Å². The highest BCUT2D eigenvalue weighted by molar-refractivity contribution is 5.95. The number of para-hydroxylation sites is 1. The zero-order valence-electron chi connectivity index (χ0n) is 22.2. The van der Waals surface area contributed by atoms with Crippen molar-refractivity contribution >= 4 is 40.5 Å². The van der Waals surface area contributed by atoms with Gasteiger partial charge in [-0.2, -0.15) is 0 Å². The molecule has 0 fully saturated rings. The van der Waals surface area contributed by atoms with Crippen LogP contribution in [0.25, 0.3) is 10.9 Å². The summed E-state index contributed by atoms with van der Waals surface area (Å²) in [7, 11) is 0. The minimum atomic E-state index is -1.58. The molecule has 2 aromatic rings. The molecule has 0 aliphatic rings. The Bertz CT molecular complexity index is 1160. The number of carbonyl (C=O) groups is 5. The summed E-state index contributed by atoms with van der Waals surface area (Å²) in [5, 5.41) is 17.9. The number of fused-ring (bicyclic) bond motifs is 1. The molecule has 0 bridgehead atoms. The fourth-order valence-electron chi connectivity index (χ4n) is 4.10. The highest BCUT2D eigenvalue weighted by Crippen LogP contribution is 2.19. The summed E-state index contributed by atoms with van der Waals surface area (Å²) in [5.41, 5.74) is 18.1. The molecule has 13 heteroatoms. The third-order valence-corrected chi connectivity index (χ3v) is 6.30. The molecule has 1 aromatic carbocycles. The molecule has 39 heavy (non-hydrogen) atoms. The van der Waals surface area contributed by atoms with E-state index in [0.29, 0.717) is 31.4 Å². The van der Waals surface area contributed by atoms with Crippen LogP contribution in [0.2, 0.25) is 0 Å². The van der Waals surface area contributed by atoms with Gasteiger partial charge in [0, 0.05) is 23.5 Å². The first-order chi connectivity index (χ1) is 18.4. The van der Waals surface area contributed by atoms with Crippen LogP contribution >= 0.6 is 0 Å². The maximum absolute atomic E-state index is 13.3. The first kappa shape index (κ1) is 31.2. The largest absolute Gasteiger partial charge is 0.480 e. The van der Waals surface area contributed by atoms with Crippen LogP contribution in [0.5, 0.6) is 0 Å². The maximum atomic E-state index is 13.3. The quantitative estimate of drug-likeness (QED) is 0.124. The van der Waals surface area contributed by atoms with Crippen molar-refractivity contribution in [2.45, 2.75) is 70.1 Å². The Morgan fingerprint density at radius 3 is 2.23 bits per heavy atom. The van der Waals surface area contributed by atoms with Crippen LogP contribution in [-0.4, -0.2) is 70.4 Å². The molecule has 4 atom stereocenters. The van der Waals surface area contributed by atoms with Gasteiger partial charge in [0.1, 0.15) is 18.1 Å². The zero-order chi connectivity index (χ0) is 29.1. The number of carboxylic acid groups (broad SMARTS) is 1. The van der Waals surface area contributed by atoms with Gasteiger partial charge in [-0.05, 0) is 36.9 Å². The molecule has 214 valence electrons. The Kier molecular flexibility index (Phi) is 11.9. The minimum Gasteiger partial charge on any atom is -0.480 e. The van der Waals surface area contributed by atoms with E-state index in [1.165, 1.54) is 0 Å². The second kappa shape index (κ2) is 14.8. The van der Waals surface area contributed by atoms with Gasteiger partial charge in [-0.25, -0.2) is 4.79 Å². The lowest BCUT2D eigenvalue weighted by molar-refractivity contribution is -0.143. The number of amides is 4. The van der Waals surface area contributed by atoms with Gasteiger partial charge in [0.25, 0.3) is 0 Å². The van der Waals surface area contributed by atoms with E-state index in [1.807, 2.05) is 24.3 Å². The number of unbranched alkanes of at least 4 members (excludes halogenated alkanes) is 1. The molecule has 0 radical (unpaired) electrons. The fourth-order valence-corrected chi connectivity index (χ4v) is 4.10. The van der Waals surface area contributed by atoms with Gasteiger partial charge in [0.2, 0.25) is 23.6 Å². The predicted octanol–water partition coefficient (Wildman–Crippen LogP) is -0.763. The highest BCUT2D eigenvalue weighted by Gasteiger charge is 2.32. The lowest BCUT2D eigenvalue weighted by Gasteiger charge is -2.27. The van der Waals surface area contributed by atoms with Crippen LogP contribution < -0.4 is 33.2 Å². The molecule has 0 aliphatic carbocycles. The lowest BCUT2D eigenvalue weighted by atomic mass is 9.99. The van der Waals surface area contributed by atoms with E-state index >= 15 is 0 Å². The summed E-state index contributed by atoms with van der Waals surface area (Å²) < 4.78 is 0. The van der Waals surface area contributed by atoms with E-state index in [2.05, 4.69) is 20.9 Å². The van der Waals surface area contributed by atoms with Gasteiger partial charge in [-0.15, -0.1) is 0 Å². The molecule has 0 aliphatic heterocycles. The summed E-state index contributed by atoms with van der Waals surface area (Å²) in [6.07, 6.45) is 2.84. The van der Waals surface area contributed by atoms with E-state index in [-0.39, 0.29) is 12.3 Å². The van der Waals surface area contributed by atoms with Gasteiger partial charge < -0.3 is 43.2 Å². The number of aliphatic carboxylic acids is 1. The van der Waals surface area contributed by atoms with E-state index < -0.39 is 60.2 Å². The number of benzene rings is 1. The standard InChI is InChI=1S/C26H39N7O6/c1-14(2)22(33-23(35)17(28)8-5-6-10-27)25(37)31-19(24(36)32-20(26(38)39)12-21(29)34)11-15-13-30-18-9-4-3-7-16(15)18/h3-4,7,9,13-14,17,19-20,22,30H,5-6,8,10-12,27-28H2,1-2H3,(H2,29,34)(H,31,37)(H,32,36)(H,33,35)(H,38,39). The number of nitrogens with one attached hydrogen (secondary N) is 4. The zero-order valence-corrected chi connectivity index (χ0v) is 22.2.